The average molecular weight is 530 g/mol. The molecule has 2 aliphatic rings. The van der Waals surface area contributed by atoms with Gasteiger partial charge in [0.05, 0.1) is 24.5 Å². The predicted molar refractivity (Wildman–Crippen MR) is 149 cm³/mol. The highest BCUT2D eigenvalue weighted by atomic mass is 32.1. The van der Waals surface area contributed by atoms with Crippen molar-refractivity contribution >= 4 is 27.5 Å². The summed E-state index contributed by atoms with van der Waals surface area (Å²) in [6.45, 7) is 5.98. The van der Waals surface area contributed by atoms with Crippen LogP contribution in [-0.2, 0) is 24.2 Å². The van der Waals surface area contributed by atoms with Crippen LogP contribution in [0.25, 0.3) is 20.7 Å². The summed E-state index contributed by atoms with van der Waals surface area (Å²) in [6, 6.07) is 12.6. The summed E-state index contributed by atoms with van der Waals surface area (Å²) < 4.78 is 7.91. The summed E-state index contributed by atoms with van der Waals surface area (Å²) in [5.74, 6) is 0.704. The van der Waals surface area contributed by atoms with E-state index in [1.807, 2.05) is 27.7 Å². The van der Waals surface area contributed by atoms with Gasteiger partial charge in [0.2, 0.25) is 11.8 Å². The van der Waals surface area contributed by atoms with E-state index < -0.39 is 0 Å². The Kier molecular flexibility index (Phi) is 6.71. The van der Waals surface area contributed by atoms with Crippen LogP contribution in [0, 0.1) is 0 Å². The lowest BCUT2D eigenvalue weighted by Gasteiger charge is -2.34. The van der Waals surface area contributed by atoms with Crippen molar-refractivity contribution in [1.29, 1.82) is 0 Å². The second kappa shape index (κ2) is 10.3. The molecule has 9 heteroatoms. The molecule has 4 heterocycles. The highest BCUT2D eigenvalue weighted by Crippen LogP contribution is 2.36. The van der Waals surface area contributed by atoms with Crippen molar-refractivity contribution < 1.29 is 9.53 Å². The number of aromatic nitrogens is 3. The quantitative estimate of drug-likeness (QED) is 0.390. The number of ether oxygens (including phenoxy) is 1. The van der Waals surface area contributed by atoms with Crippen molar-refractivity contribution in [3.05, 3.63) is 76.0 Å². The van der Waals surface area contributed by atoms with Gasteiger partial charge in [-0.25, -0.2) is 9.97 Å². The number of benzene rings is 1. The van der Waals surface area contributed by atoms with E-state index in [0.29, 0.717) is 16.1 Å². The van der Waals surface area contributed by atoms with Crippen LogP contribution >= 0.6 is 11.3 Å². The van der Waals surface area contributed by atoms with E-state index in [0.717, 1.165) is 62.4 Å². The number of thiophene rings is 1. The topological polar surface area (TPSA) is 80.6 Å². The lowest BCUT2D eigenvalue weighted by molar-refractivity contribution is -0.130. The lowest BCUT2D eigenvalue weighted by atomic mass is 9.87. The minimum Gasteiger partial charge on any atom is -0.481 e. The lowest BCUT2D eigenvalue weighted by Crippen LogP contribution is -2.47. The second-order valence-corrected chi connectivity index (χ2v) is 11.2. The molecule has 0 unspecified atom stereocenters. The smallest absolute Gasteiger partial charge is 0.271 e. The van der Waals surface area contributed by atoms with Gasteiger partial charge in [0.1, 0.15) is 4.70 Å². The Hall–Kier alpha value is -3.56. The highest BCUT2D eigenvalue weighted by Gasteiger charge is 2.24. The van der Waals surface area contributed by atoms with Crippen molar-refractivity contribution in [2.75, 3.05) is 33.3 Å². The molecular weight excluding hydrogens is 498 g/mol. The molecule has 4 aromatic rings. The van der Waals surface area contributed by atoms with Gasteiger partial charge in [0.15, 0.2) is 0 Å². The minimum absolute atomic E-state index is 0.0175. The van der Waals surface area contributed by atoms with Crippen LogP contribution in [0.1, 0.15) is 36.1 Å². The van der Waals surface area contributed by atoms with E-state index in [-0.39, 0.29) is 17.5 Å². The molecule has 0 saturated carbocycles. The standard InChI is InChI=1S/C29H31N5O3S/c1-19(35)33-12-10-32(11-13-33)17-20-5-6-22-15-23(8-7-21(22)14-20)34-18-31-25-16-26(38-27(25)29(34)36)24-4-3-9-30-28(24)37-2/h3-6,9,14,16,18,23H,7-8,10-13,15,17H2,1-2H3/t23-/m0/s1. The zero-order valence-corrected chi connectivity index (χ0v) is 22.5. The number of nitrogens with zero attached hydrogens (tertiary/aromatic N) is 5. The van der Waals surface area contributed by atoms with Gasteiger partial charge in [0, 0.05) is 56.8 Å². The largest absolute Gasteiger partial charge is 0.481 e. The number of rotatable bonds is 5. The Labute approximate surface area is 225 Å². The van der Waals surface area contributed by atoms with Gasteiger partial charge >= 0.3 is 0 Å². The van der Waals surface area contributed by atoms with E-state index in [4.69, 9.17) is 4.74 Å². The Balaban J connectivity index is 1.19. The van der Waals surface area contributed by atoms with Gasteiger partial charge in [-0.05, 0) is 54.2 Å². The van der Waals surface area contributed by atoms with Crippen LogP contribution in [0.3, 0.4) is 0 Å². The minimum atomic E-state index is 0.0175. The van der Waals surface area contributed by atoms with Crippen LogP contribution in [0.5, 0.6) is 5.88 Å². The molecule has 196 valence electrons. The summed E-state index contributed by atoms with van der Waals surface area (Å²) in [5.41, 5.74) is 5.60. The first-order valence-corrected chi connectivity index (χ1v) is 13.9. The van der Waals surface area contributed by atoms with Crippen LogP contribution in [0.2, 0.25) is 0 Å². The Morgan fingerprint density at radius 2 is 1.95 bits per heavy atom. The molecule has 1 aliphatic carbocycles. The first kappa shape index (κ1) is 24.8. The third-order valence-electron chi connectivity index (χ3n) is 7.78. The van der Waals surface area contributed by atoms with Crippen LogP contribution in [-0.4, -0.2) is 63.5 Å². The number of carbonyl (C=O) groups is 1. The van der Waals surface area contributed by atoms with Gasteiger partial charge in [0.25, 0.3) is 5.56 Å². The fraction of sp³-hybridized carbons (Fsp3) is 0.379. The molecule has 1 fully saturated rings. The SMILES string of the molecule is COc1ncccc1-c1cc2ncn([C@H]3CCc4cc(CN5CCN(C(C)=O)CC5)ccc4C3)c(=O)c2s1. The van der Waals surface area contributed by atoms with Gasteiger partial charge in [-0.3, -0.25) is 19.1 Å². The molecule has 1 saturated heterocycles. The maximum absolute atomic E-state index is 13.5. The summed E-state index contributed by atoms with van der Waals surface area (Å²) in [6.07, 6.45) is 6.09. The Morgan fingerprint density at radius 3 is 2.74 bits per heavy atom. The summed E-state index contributed by atoms with van der Waals surface area (Å²) in [4.78, 5) is 39.3. The van der Waals surface area contributed by atoms with Crippen LogP contribution in [0.4, 0.5) is 0 Å². The highest BCUT2D eigenvalue weighted by molar-refractivity contribution is 7.22. The van der Waals surface area contributed by atoms with E-state index in [1.165, 1.54) is 28.0 Å². The summed E-state index contributed by atoms with van der Waals surface area (Å²) in [7, 11) is 1.60. The monoisotopic (exact) mass is 529 g/mol. The van der Waals surface area contributed by atoms with E-state index in [9.17, 15) is 9.59 Å². The van der Waals surface area contributed by atoms with E-state index in [1.54, 1.807) is 26.6 Å². The number of hydrogen-bond donors (Lipinski definition) is 0. The molecule has 0 N–H and O–H groups in total. The van der Waals surface area contributed by atoms with Crippen molar-refractivity contribution in [3.63, 3.8) is 0 Å². The zero-order valence-electron chi connectivity index (χ0n) is 21.7. The second-order valence-electron chi connectivity index (χ2n) is 10.1. The van der Waals surface area contributed by atoms with E-state index in [2.05, 4.69) is 33.1 Å². The number of carbonyl (C=O) groups excluding carboxylic acids is 1. The molecule has 6 rings (SSSR count). The van der Waals surface area contributed by atoms with Crippen molar-refractivity contribution in [1.82, 2.24) is 24.3 Å². The van der Waals surface area contributed by atoms with Gasteiger partial charge in [-0.1, -0.05) is 18.2 Å². The molecule has 0 radical (unpaired) electrons. The molecule has 1 aliphatic heterocycles. The third-order valence-corrected chi connectivity index (χ3v) is 8.93. The molecule has 3 aromatic heterocycles. The Bertz CT molecular complexity index is 1550. The van der Waals surface area contributed by atoms with Crippen molar-refractivity contribution in [2.24, 2.45) is 0 Å². The fourth-order valence-electron chi connectivity index (χ4n) is 5.66. The fourth-order valence-corrected chi connectivity index (χ4v) is 6.73. The molecule has 0 spiro atoms. The molecule has 38 heavy (non-hydrogen) atoms. The first-order chi connectivity index (χ1) is 18.5. The number of methoxy groups -OCH3 is 1. The zero-order chi connectivity index (χ0) is 26.2. The predicted octanol–water partition coefficient (Wildman–Crippen LogP) is 3.92. The molecule has 0 bridgehead atoms. The summed E-state index contributed by atoms with van der Waals surface area (Å²) >= 11 is 1.45. The van der Waals surface area contributed by atoms with Crippen LogP contribution in [0.15, 0.2) is 53.7 Å². The number of hydrogen-bond acceptors (Lipinski definition) is 7. The third kappa shape index (κ3) is 4.72. The number of amides is 1. The summed E-state index contributed by atoms with van der Waals surface area (Å²) in [5, 5.41) is 0. The van der Waals surface area contributed by atoms with Gasteiger partial charge < -0.3 is 9.64 Å². The molecule has 1 amide bonds. The molecule has 8 nitrogen and oxygen atoms in total. The number of fused-ring (bicyclic) bond motifs is 2. The molecule has 1 aromatic carbocycles. The maximum atomic E-state index is 13.5. The average Bonchev–Trinajstić information content (AvgIpc) is 3.38. The first-order valence-electron chi connectivity index (χ1n) is 13.1. The van der Waals surface area contributed by atoms with Gasteiger partial charge in [-0.2, -0.15) is 0 Å². The normalized spacial score (nSPS) is 17.9. The van der Waals surface area contributed by atoms with Crippen molar-refractivity contribution in [3.8, 4) is 16.3 Å². The Morgan fingerprint density at radius 1 is 1.11 bits per heavy atom. The van der Waals surface area contributed by atoms with Gasteiger partial charge in [-0.15, -0.1) is 11.3 Å². The number of pyridine rings is 1. The number of aryl methyl sites for hydroxylation is 1. The van der Waals surface area contributed by atoms with E-state index >= 15 is 0 Å². The molecule has 1 atom stereocenters. The molecular formula is C29H31N5O3S. The van der Waals surface area contributed by atoms with Crippen molar-refractivity contribution in [2.45, 2.75) is 38.8 Å². The van der Waals surface area contributed by atoms with Crippen LogP contribution < -0.4 is 10.3 Å². The number of piperazine rings is 1. The maximum Gasteiger partial charge on any atom is 0.271 e.